The zero-order chi connectivity index (χ0) is 6.69. The maximum Gasteiger partial charge on any atom is 0.0882 e. The molecule has 1 heterocycles. The van der Waals surface area contributed by atoms with Crippen molar-refractivity contribution < 1.29 is 0 Å². The molecule has 0 aliphatic carbocycles. The number of rotatable bonds is 1. The number of hydrogen-bond donors (Lipinski definition) is 1. The minimum Gasteiger partial charge on any atom is -0.396 e. The fourth-order valence-corrected chi connectivity index (χ4v) is 0.543. The average Bonchev–Trinajstić information content (AvgIpc) is 1.89. The Morgan fingerprint density at radius 3 is 2.89 bits per heavy atom. The van der Waals surface area contributed by atoms with Gasteiger partial charge in [0.25, 0.3) is 0 Å². The van der Waals surface area contributed by atoms with Gasteiger partial charge in [-0.25, -0.2) is 0 Å². The molecule has 0 fully saturated rings. The van der Waals surface area contributed by atoms with E-state index in [2.05, 4.69) is 16.7 Å². The molecule has 1 rings (SSSR count). The zero-order valence-electron chi connectivity index (χ0n) is 4.91. The van der Waals surface area contributed by atoms with Crippen LogP contribution in [0.25, 0.3) is 0 Å². The molecule has 0 aliphatic rings. The number of anilines is 1. The number of nitrogens with zero attached hydrogens (tertiary/aromatic N) is 2. The molecule has 46 valence electrons. The van der Waals surface area contributed by atoms with E-state index < -0.39 is 0 Å². The first-order valence-corrected chi connectivity index (χ1v) is 2.51. The molecular formula is C6H7N3. The quantitative estimate of drug-likeness (QED) is 0.563. The van der Waals surface area contributed by atoms with Crippen LogP contribution < -0.4 is 5.73 Å². The minimum absolute atomic E-state index is 0.563. The molecule has 0 saturated carbocycles. The van der Waals surface area contributed by atoms with Crippen LogP contribution in [-0.4, -0.2) is 11.7 Å². The predicted molar refractivity (Wildman–Crippen MR) is 37.9 cm³/mol. The normalized spacial score (nSPS) is 8.89. The van der Waals surface area contributed by atoms with Crippen LogP contribution in [0.4, 0.5) is 11.4 Å². The highest BCUT2D eigenvalue weighted by Gasteiger charge is 1.90. The van der Waals surface area contributed by atoms with Crippen molar-refractivity contribution in [3.8, 4) is 0 Å². The largest absolute Gasteiger partial charge is 0.396 e. The number of aromatic nitrogens is 1. The Morgan fingerprint density at radius 2 is 2.44 bits per heavy atom. The Balaban J connectivity index is 3.15. The van der Waals surface area contributed by atoms with Crippen molar-refractivity contribution in [3.63, 3.8) is 0 Å². The van der Waals surface area contributed by atoms with Gasteiger partial charge in [-0.3, -0.25) is 9.98 Å². The summed E-state index contributed by atoms with van der Waals surface area (Å²) in [4.78, 5) is 7.44. The van der Waals surface area contributed by atoms with Crippen molar-refractivity contribution in [2.24, 2.45) is 4.99 Å². The number of nitrogen functional groups attached to an aromatic ring is 1. The van der Waals surface area contributed by atoms with E-state index >= 15 is 0 Å². The molecule has 0 amide bonds. The van der Waals surface area contributed by atoms with Gasteiger partial charge < -0.3 is 5.73 Å². The van der Waals surface area contributed by atoms with Crippen LogP contribution in [0.2, 0.25) is 0 Å². The van der Waals surface area contributed by atoms with Crippen molar-refractivity contribution in [3.05, 3.63) is 18.5 Å². The molecule has 3 heteroatoms. The van der Waals surface area contributed by atoms with Crippen LogP contribution >= 0.6 is 0 Å². The van der Waals surface area contributed by atoms with E-state index in [4.69, 9.17) is 5.73 Å². The van der Waals surface area contributed by atoms with E-state index in [-0.39, 0.29) is 0 Å². The first-order chi connectivity index (χ1) is 4.34. The molecule has 1 aromatic rings. The number of pyridine rings is 1. The van der Waals surface area contributed by atoms with Crippen LogP contribution in [0.1, 0.15) is 0 Å². The second-order valence-corrected chi connectivity index (χ2v) is 1.59. The molecule has 0 atom stereocenters. The lowest BCUT2D eigenvalue weighted by atomic mass is 10.4. The first kappa shape index (κ1) is 5.75. The van der Waals surface area contributed by atoms with Crippen LogP contribution in [0.5, 0.6) is 0 Å². The monoisotopic (exact) mass is 121 g/mol. The molecular weight excluding hydrogens is 114 g/mol. The van der Waals surface area contributed by atoms with Crippen molar-refractivity contribution in [2.45, 2.75) is 0 Å². The summed E-state index contributed by atoms with van der Waals surface area (Å²) in [6.07, 6.45) is 3.17. The van der Waals surface area contributed by atoms with Crippen molar-refractivity contribution >= 4 is 18.1 Å². The summed E-state index contributed by atoms with van der Waals surface area (Å²) in [5.41, 5.74) is 6.68. The predicted octanol–water partition coefficient (Wildman–Crippen LogP) is 0.996. The van der Waals surface area contributed by atoms with Crippen LogP contribution in [0, 0.1) is 0 Å². The zero-order valence-corrected chi connectivity index (χ0v) is 4.91. The van der Waals surface area contributed by atoms with E-state index in [0.29, 0.717) is 11.4 Å². The molecule has 0 saturated heterocycles. The minimum atomic E-state index is 0.563. The maximum atomic E-state index is 5.43. The lowest BCUT2D eigenvalue weighted by Gasteiger charge is -1.93. The van der Waals surface area contributed by atoms with E-state index in [9.17, 15) is 0 Å². The van der Waals surface area contributed by atoms with Crippen molar-refractivity contribution in [2.75, 3.05) is 5.73 Å². The van der Waals surface area contributed by atoms with Crippen LogP contribution in [0.15, 0.2) is 23.5 Å². The van der Waals surface area contributed by atoms with Gasteiger partial charge in [-0.05, 0) is 12.8 Å². The van der Waals surface area contributed by atoms with Gasteiger partial charge in [0.05, 0.1) is 17.6 Å². The van der Waals surface area contributed by atoms with Gasteiger partial charge >= 0.3 is 0 Å². The summed E-state index contributed by atoms with van der Waals surface area (Å²) in [5, 5.41) is 0. The maximum absolute atomic E-state index is 5.43. The van der Waals surface area contributed by atoms with Crippen LogP contribution in [-0.2, 0) is 0 Å². The third-order valence-electron chi connectivity index (χ3n) is 0.998. The second-order valence-electron chi connectivity index (χ2n) is 1.59. The third-order valence-corrected chi connectivity index (χ3v) is 0.998. The van der Waals surface area contributed by atoms with E-state index in [0.717, 1.165) is 0 Å². The summed E-state index contributed by atoms with van der Waals surface area (Å²) in [6.45, 7) is 3.33. The topological polar surface area (TPSA) is 51.3 Å². The fraction of sp³-hybridized carbons (Fsp3) is 0. The van der Waals surface area contributed by atoms with Gasteiger partial charge in [-0.15, -0.1) is 0 Å². The Morgan fingerprint density at radius 1 is 1.67 bits per heavy atom. The van der Waals surface area contributed by atoms with E-state index in [1.54, 1.807) is 18.5 Å². The van der Waals surface area contributed by atoms with Gasteiger partial charge in [0.1, 0.15) is 0 Å². The van der Waals surface area contributed by atoms with E-state index in [1.807, 2.05) is 0 Å². The molecule has 3 nitrogen and oxygen atoms in total. The molecule has 0 bridgehead atoms. The molecule has 2 N–H and O–H groups in total. The smallest absolute Gasteiger partial charge is 0.0882 e. The molecule has 0 spiro atoms. The molecule has 0 radical (unpaired) electrons. The Bertz CT molecular complexity index is 219. The molecule has 1 aromatic heterocycles. The Hall–Kier alpha value is -1.38. The molecule has 0 aromatic carbocycles. The van der Waals surface area contributed by atoms with E-state index in [1.165, 1.54) is 0 Å². The van der Waals surface area contributed by atoms with Gasteiger partial charge in [-0.2, -0.15) is 0 Å². The number of hydrogen-bond acceptors (Lipinski definition) is 3. The number of aliphatic imine (C=N–C) groups is 1. The highest BCUT2D eigenvalue weighted by molar-refractivity contribution is 5.62. The highest BCUT2D eigenvalue weighted by Crippen LogP contribution is 2.17. The summed E-state index contributed by atoms with van der Waals surface area (Å²) < 4.78 is 0. The lowest BCUT2D eigenvalue weighted by molar-refractivity contribution is 1.32. The SMILES string of the molecule is C=Nc1ccncc1N. The summed E-state index contributed by atoms with van der Waals surface area (Å²) >= 11 is 0. The summed E-state index contributed by atoms with van der Waals surface area (Å²) in [6, 6.07) is 1.71. The Labute approximate surface area is 53.3 Å². The standard InChI is InChI=1S/C6H7N3/c1-8-6-2-3-9-4-5(6)7/h2-4H,1,7H2. The Kier molecular flexibility index (Phi) is 1.44. The molecule has 0 unspecified atom stereocenters. The van der Waals surface area contributed by atoms with Gasteiger partial charge in [0, 0.05) is 6.20 Å². The van der Waals surface area contributed by atoms with Crippen molar-refractivity contribution in [1.29, 1.82) is 0 Å². The molecule has 0 aliphatic heterocycles. The second kappa shape index (κ2) is 2.26. The average molecular weight is 121 g/mol. The highest BCUT2D eigenvalue weighted by atomic mass is 14.8. The van der Waals surface area contributed by atoms with Gasteiger partial charge in [0.15, 0.2) is 0 Å². The summed E-state index contributed by atoms with van der Waals surface area (Å²) in [5.74, 6) is 0. The fourth-order valence-electron chi connectivity index (χ4n) is 0.543. The van der Waals surface area contributed by atoms with Crippen molar-refractivity contribution in [1.82, 2.24) is 4.98 Å². The molecule has 9 heavy (non-hydrogen) atoms. The van der Waals surface area contributed by atoms with Gasteiger partial charge in [0.2, 0.25) is 0 Å². The van der Waals surface area contributed by atoms with Gasteiger partial charge in [-0.1, -0.05) is 0 Å². The lowest BCUT2D eigenvalue weighted by Crippen LogP contribution is -1.84. The summed E-state index contributed by atoms with van der Waals surface area (Å²) in [7, 11) is 0. The number of nitrogens with two attached hydrogens (primary N) is 1. The third kappa shape index (κ3) is 1.05. The first-order valence-electron chi connectivity index (χ1n) is 2.51. The van der Waals surface area contributed by atoms with Crippen LogP contribution in [0.3, 0.4) is 0 Å².